The van der Waals surface area contributed by atoms with Gasteiger partial charge in [0.05, 0.1) is 0 Å². The molecule has 0 atom stereocenters. The van der Waals surface area contributed by atoms with Gasteiger partial charge < -0.3 is 19.9 Å². The summed E-state index contributed by atoms with van der Waals surface area (Å²) in [6.07, 6.45) is 4.18. The number of aliphatic hydroxyl groups is 1. The summed E-state index contributed by atoms with van der Waals surface area (Å²) in [5.74, 6) is 0. The first-order valence-corrected chi connectivity index (χ1v) is 5.22. The lowest BCUT2D eigenvalue weighted by Crippen LogP contribution is -2.30. The fraction of sp³-hybridized carbons (Fsp3) is 1.00. The molecular formula is C10H23NO3. The monoisotopic (exact) mass is 205 g/mol. The summed E-state index contributed by atoms with van der Waals surface area (Å²) in [7, 11) is 3.27. The summed E-state index contributed by atoms with van der Waals surface area (Å²) in [4.78, 5) is 0. The lowest BCUT2D eigenvalue weighted by Gasteiger charge is -2.13. The molecule has 0 aliphatic rings. The first-order chi connectivity index (χ1) is 6.85. The molecule has 0 spiro atoms. The largest absolute Gasteiger partial charge is 0.396 e. The van der Waals surface area contributed by atoms with Gasteiger partial charge in [0, 0.05) is 27.4 Å². The van der Waals surface area contributed by atoms with Gasteiger partial charge in [0.25, 0.3) is 0 Å². The molecule has 0 aliphatic heterocycles. The third-order valence-electron chi connectivity index (χ3n) is 2.10. The second kappa shape index (κ2) is 10.9. The Morgan fingerprint density at radius 3 is 2.29 bits per heavy atom. The Bertz CT molecular complexity index is 108. The third kappa shape index (κ3) is 8.44. The van der Waals surface area contributed by atoms with Crippen LogP contribution in [-0.2, 0) is 9.47 Å². The second-order valence-electron chi connectivity index (χ2n) is 3.24. The van der Waals surface area contributed by atoms with Gasteiger partial charge in [-0.15, -0.1) is 0 Å². The maximum Gasteiger partial charge on any atom is 0.169 e. The minimum atomic E-state index is -0.146. The van der Waals surface area contributed by atoms with Crippen molar-refractivity contribution >= 4 is 0 Å². The molecule has 0 radical (unpaired) electrons. The van der Waals surface area contributed by atoms with Gasteiger partial charge in [-0.3, -0.25) is 0 Å². The summed E-state index contributed by atoms with van der Waals surface area (Å²) in [6, 6.07) is 0. The Kier molecular flexibility index (Phi) is 10.8. The van der Waals surface area contributed by atoms with E-state index >= 15 is 0 Å². The summed E-state index contributed by atoms with van der Waals surface area (Å²) in [5.41, 5.74) is 0. The Labute approximate surface area is 86.6 Å². The zero-order chi connectivity index (χ0) is 10.6. The van der Waals surface area contributed by atoms with Crippen LogP contribution in [-0.4, -0.2) is 45.3 Å². The van der Waals surface area contributed by atoms with Crippen molar-refractivity contribution in [3.63, 3.8) is 0 Å². The van der Waals surface area contributed by atoms with E-state index in [4.69, 9.17) is 14.6 Å². The van der Waals surface area contributed by atoms with Crippen LogP contribution in [0.25, 0.3) is 0 Å². The lowest BCUT2D eigenvalue weighted by molar-refractivity contribution is -0.0986. The van der Waals surface area contributed by atoms with Crippen molar-refractivity contribution < 1.29 is 14.6 Å². The van der Waals surface area contributed by atoms with Crippen LogP contribution >= 0.6 is 0 Å². The Hall–Kier alpha value is -0.160. The van der Waals surface area contributed by atoms with E-state index < -0.39 is 0 Å². The maximum atomic E-state index is 8.56. The zero-order valence-electron chi connectivity index (χ0n) is 9.29. The summed E-state index contributed by atoms with van der Waals surface area (Å²) in [6.45, 7) is 2.02. The minimum Gasteiger partial charge on any atom is -0.396 e. The highest BCUT2D eigenvalue weighted by Crippen LogP contribution is 1.97. The fourth-order valence-corrected chi connectivity index (χ4v) is 1.20. The Balaban J connectivity index is 3.04. The van der Waals surface area contributed by atoms with Gasteiger partial charge in [0.15, 0.2) is 6.29 Å². The Morgan fingerprint density at radius 2 is 1.71 bits per heavy atom. The van der Waals surface area contributed by atoms with Crippen molar-refractivity contribution in [2.24, 2.45) is 0 Å². The van der Waals surface area contributed by atoms with Gasteiger partial charge in [-0.25, -0.2) is 0 Å². The molecule has 0 aliphatic carbocycles. The van der Waals surface area contributed by atoms with Crippen LogP contribution in [0.1, 0.15) is 25.7 Å². The predicted molar refractivity (Wildman–Crippen MR) is 56.2 cm³/mol. The number of ether oxygens (including phenoxy) is 2. The highest BCUT2D eigenvalue weighted by Gasteiger charge is 2.02. The number of hydrogen-bond donors (Lipinski definition) is 2. The second-order valence-corrected chi connectivity index (χ2v) is 3.24. The van der Waals surface area contributed by atoms with E-state index in [1.807, 2.05) is 0 Å². The quantitative estimate of drug-likeness (QED) is 0.408. The highest BCUT2D eigenvalue weighted by atomic mass is 16.7. The molecular weight excluding hydrogens is 182 g/mol. The van der Waals surface area contributed by atoms with Crippen LogP contribution in [0.4, 0.5) is 0 Å². The molecule has 4 nitrogen and oxygen atoms in total. The molecule has 2 N–H and O–H groups in total. The van der Waals surface area contributed by atoms with Gasteiger partial charge in [0.1, 0.15) is 0 Å². The summed E-state index contributed by atoms with van der Waals surface area (Å²) in [5, 5.41) is 11.8. The zero-order valence-corrected chi connectivity index (χ0v) is 9.29. The molecule has 0 rings (SSSR count). The molecule has 0 aromatic rings. The lowest BCUT2D eigenvalue weighted by atomic mass is 10.2. The number of nitrogens with one attached hydrogen (secondary N) is 1. The van der Waals surface area contributed by atoms with Gasteiger partial charge in [0.2, 0.25) is 0 Å². The van der Waals surface area contributed by atoms with E-state index in [-0.39, 0.29) is 6.29 Å². The molecule has 0 heterocycles. The molecule has 0 unspecified atom stereocenters. The first kappa shape index (κ1) is 13.8. The summed E-state index contributed by atoms with van der Waals surface area (Å²) < 4.78 is 10.1. The third-order valence-corrected chi connectivity index (χ3v) is 2.10. The normalized spacial score (nSPS) is 11.1. The van der Waals surface area contributed by atoms with Crippen molar-refractivity contribution in [1.82, 2.24) is 5.32 Å². The van der Waals surface area contributed by atoms with E-state index in [1.54, 1.807) is 14.2 Å². The van der Waals surface area contributed by atoms with E-state index in [1.165, 1.54) is 0 Å². The highest BCUT2D eigenvalue weighted by molar-refractivity contribution is 4.51. The fourth-order valence-electron chi connectivity index (χ4n) is 1.20. The number of aliphatic hydroxyl groups excluding tert-OH is 1. The van der Waals surface area contributed by atoms with Crippen LogP contribution < -0.4 is 5.32 Å². The Morgan fingerprint density at radius 1 is 1.07 bits per heavy atom. The van der Waals surface area contributed by atoms with E-state index in [9.17, 15) is 0 Å². The SMILES string of the molecule is COC(CNCCCCCCO)OC. The molecule has 86 valence electrons. The molecule has 14 heavy (non-hydrogen) atoms. The predicted octanol–water partition coefficient (Wildman–Crippen LogP) is 0.748. The van der Waals surface area contributed by atoms with Gasteiger partial charge >= 0.3 is 0 Å². The topological polar surface area (TPSA) is 50.7 Å². The van der Waals surface area contributed by atoms with Crippen molar-refractivity contribution in [3.05, 3.63) is 0 Å². The number of rotatable bonds is 10. The van der Waals surface area contributed by atoms with Gasteiger partial charge in [-0.1, -0.05) is 12.8 Å². The summed E-state index contributed by atoms with van der Waals surface area (Å²) >= 11 is 0. The van der Waals surface area contributed by atoms with Gasteiger partial charge in [-0.05, 0) is 19.4 Å². The number of methoxy groups -OCH3 is 2. The number of unbranched alkanes of at least 4 members (excludes halogenated alkanes) is 3. The average molecular weight is 205 g/mol. The van der Waals surface area contributed by atoms with Crippen LogP contribution in [0.5, 0.6) is 0 Å². The standard InChI is InChI=1S/C10H23NO3/c1-13-10(14-2)9-11-7-5-3-4-6-8-12/h10-12H,3-9H2,1-2H3. The molecule has 0 fully saturated rings. The van der Waals surface area contributed by atoms with Gasteiger partial charge in [-0.2, -0.15) is 0 Å². The minimum absolute atomic E-state index is 0.146. The maximum absolute atomic E-state index is 8.56. The van der Waals surface area contributed by atoms with Crippen molar-refractivity contribution in [1.29, 1.82) is 0 Å². The molecule has 0 saturated carbocycles. The number of hydrogen-bond acceptors (Lipinski definition) is 4. The molecule has 0 aromatic heterocycles. The molecule has 4 heteroatoms. The van der Waals surface area contributed by atoms with E-state index in [0.717, 1.165) is 38.8 Å². The average Bonchev–Trinajstić information content (AvgIpc) is 2.22. The smallest absolute Gasteiger partial charge is 0.169 e. The van der Waals surface area contributed by atoms with Crippen molar-refractivity contribution in [2.45, 2.75) is 32.0 Å². The van der Waals surface area contributed by atoms with E-state index in [0.29, 0.717) is 6.61 Å². The first-order valence-electron chi connectivity index (χ1n) is 5.22. The van der Waals surface area contributed by atoms with E-state index in [2.05, 4.69) is 5.32 Å². The molecule has 0 bridgehead atoms. The molecule has 0 amide bonds. The van der Waals surface area contributed by atoms with Crippen LogP contribution in [0.2, 0.25) is 0 Å². The molecule has 0 aromatic carbocycles. The van der Waals surface area contributed by atoms with Crippen LogP contribution in [0.3, 0.4) is 0 Å². The molecule has 0 saturated heterocycles. The van der Waals surface area contributed by atoms with Crippen molar-refractivity contribution in [3.8, 4) is 0 Å². The van der Waals surface area contributed by atoms with Crippen molar-refractivity contribution in [2.75, 3.05) is 33.9 Å². The van der Waals surface area contributed by atoms with Crippen LogP contribution in [0, 0.1) is 0 Å². The van der Waals surface area contributed by atoms with Crippen LogP contribution in [0.15, 0.2) is 0 Å².